The molecule has 0 spiro atoms. The van der Waals surface area contributed by atoms with Crippen LogP contribution >= 0.6 is 15.9 Å². The molecule has 0 amide bonds. The van der Waals surface area contributed by atoms with Gasteiger partial charge in [-0.25, -0.2) is 0 Å². The van der Waals surface area contributed by atoms with Gasteiger partial charge in [0.15, 0.2) is 0 Å². The molecular weight excluding hydrogens is 258 g/mol. The lowest BCUT2D eigenvalue weighted by Crippen LogP contribution is -2.10. The quantitative estimate of drug-likeness (QED) is 0.498. The molecule has 1 N–H and O–H groups in total. The van der Waals surface area contributed by atoms with Crippen molar-refractivity contribution in [3.63, 3.8) is 0 Å². The SMILES string of the molecule is [N-]=[N+]=NC(CO)CCc1cccc(Br)c1. The molecular formula is C10H12BrN3O. The van der Waals surface area contributed by atoms with Crippen LogP contribution in [0.15, 0.2) is 33.9 Å². The standard InChI is InChI=1S/C10H12BrN3O/c11-9-3-1-2-8(6-9)4-5-10(7-15)13-14-12/h1-3,6,10,15H,4-5,7H2. The van der Waals surface area contributed by atoms with Gasteiger partial charge in [0.05, 0.1) is 12.6 Å². The average Bonchev–Trinajstić information content (AvgIpc) is 2.24. The van der Waals surface area contributed by atoms with Crippen LogP contribution in [0.3, 0.4) is 0 Å². The van der Waals surface area contributed by atoms with Crippen molar-refractivity contribution in [1.29, 1.82) is 0 Å². The van der Waals surface area contributed by atoms with Crippen molar-refractivity contribution in [2.75, 3.05) is 6.61 Å². The van der Waals surface area contributed by atoms with Gasteiger partial charge in [0.1, 0.15) is 0 Å². The number of nitrogens with zero attached hydrogens (tertiary/aromatic N) is 3. The number of aliphatic hydroxyl groups is 1. The monoisotopic (exact) mass is 269 g/mol. The van der Waals surface area contributed by atoms with E-state index in [1.165, 1.54) is 0 Å². The summed E-state index contributed by atoms with van der Waals surface area (Å²) in [5.74, 6) is 0. The Hall–Kier alpha value is -1.03. The highest BCUT2D eigenvalue weighted by atomic mass is 79.9. The van der Waals surface area contributed by atoms with Crippen molar-refractivity contribution in [2.45, 2.75) is 18.9 Å². The van der Waals surface area contributed by atoms with E-state index in [9.17, 15) is 0 Å². The minimum Gasteiger partial charge on any atom is -0.396 e. The van der Waals surface area contributed by atoms with E-state index in [0.29, 0.717) is 6.42 Å². The normalized spacial score (nSPS) is 11.9. The van der Waals surface area contributed by atoms with E-state index >= 15 is 0 Å². The van der Waals surface area contributed by atoms with Gasteiger partial charge in [-0.3, -0.25) is 0 Å². The largest absolute Gasteiger partial charge is 0.396 e. The van der Waals surface area contributed by atoms with Crippen LogP contribution in [0.4, 0.5) is 0 Å². The highest BCUT2D eigenvalue weighted by Crippen LogP contribution is 2.14. The molecule has 0 radical (unpaired) electrons. The smallest absolute Gasteiger partial charge is 0.0608 e. The molecule has 1 aromatic rings. The van der Waals surface area contributed by atoms with Crippen LogP contribution in [0.1, 0.15) is 12.0 Å². The zero-order valence-electron chi connectivity index (χ0n) is 8.17. The first-order chi connectivity index (χ1) is 7.26. The van der Waals surface area contributed by atoms with Crippen LogP contribution in [-0.2, 0) is 6.42 Å². The van der Waals surface area contributed by atoms with Crippen molar-refractivity contribution in [3.05, 3.63) is 44.7 Å². The second kappa shape index (κ2) is 6.45. The van der Waals surface area contributed by atoms with Gasteiger partial charge in [-0.2, -0.15) is 0 Å². The summed E-state index contributed by atoms with van der Waals surface area (Å²) in [6.07, 6.45) is 1.46. The maximum atomic E-state index is 8.92. The van der Waals surface area contributed by atoms with Crippen LogP contribution in [0.25, 0.3) is 10.4 Å². The summed E-state index contributed by atoms with van der Waals surface area (Å²) in [7, 11) is 0. The molecule has 15 heavy (non-hydrogen) atoms. The Morgan fingerprint density at radius 1 is 1.53 bits per heavy atom. The number of aliphatic hydroxyl groups excluding tert-OH is 1. The summed E-state index contributed by atoms with van der Waals surface area (Å²) in [6.45, 7) is -0.0991. The molecule has 0 fully saturated rings. The molecule has 1 atom stereocenters. The van der Waals surface area contributed by atoms with Crippen LogP contribution in [0.2, 0.25) is 0 Å². The molecule has 0 aliphatic rings. The first-order valence-electron chi connectivity index (χ1n) is 4.65. The van der Waals surface area contributed by atoms with Gasteiger partial charge in [0, 0.05) is 9.38 Å². The van der Waals surface area contributed by atoms with Gasteiger partial charge >= 0.3 is 0 Å². The molecule has 1 aromatic carbocycles. The molecule has 0 saturated carbocycles. The minimum absolute atomic E-state index is 0.0991. The summed E-state index contributed by atoms with van der Waals surface area (Å²) in [6, 6.07) is 7.62. The van der Waals surface area contributed by atoms with E-state index in [-0.39, 0.29) is 12.6 Å². The molecule has 0 aromatic heterocycles. The maximum Gasteiger partial charge on any atom is 0.0608 e. The molecule has 0 aliphatic carbocycles. The van der Waals surface area contributed by atoms with Gasteiger partial charge < -0.3 is 5.11 Å². The number of benzene rings is 1. The molecule has 1 unspecified atom stereocenters. The van der Waals surface area contributed by atoms with Gasteiger partial charge in [0.2, 0.25) is 0 Å². The molecule has 0 bridgehead atoms. The predicted molar refractivity (Wildman–Crippen MR) is 62.5 cm³/mol. The number of hydrogen-bond acceptors (Lipinski definition) is 2. The average molecular weight is 270 g/mol. The third-order valence-corrected chi connectivity index (χ3v) is 2.57. The van der Waals surface area contributed by atoms with E-state index in [0.717, 1.165) is 16.5 Å². The highest BCUT2D eigenvalue weighted by molar-refractivity contribution is 9.10. The van der Waals surface area contributed by atoms with Gasteiger partial charge in [-0.05, 0) is 36.1 Å². The predicted octanol–water partition coefficient (Wildman–Crippen LogP) is 3.05. The van der Waals surface area contributed by atoms with Crippen molar-refractivity contribution in [2.24, 2.45) is 5.11 Å². The lowest BCUT2D eigenvalue weighted by Gasteiger charge is -2.07. The second-order valence-electron chi connectivity index (χ2n) is 3.21. The summed E-state index contributed by atoms with van der Waals surface area (Å²) >= 11 is 3.39. The lowest BCUT2D eigenvalue weighted by molar-refractivity contribution is 0.260. The Labute approximate surface area is 96.7 Å². The van der Waals surface area contributed by atoms with E-state index in [1.54, 1.807) is 0 Å². The minimum atomic E-state index is -0.325. The summed E-state index contributed by atoms with van der Waals surface area (Å²) in [4.78, 5) is 2.69. The Balaban J connectivity index is 2.52. The Morgan fingerprint density at radius 3 is 2.93 bits per heavy atom. The molecule has 4 nitrogen and oxygen atoms in total. The van der Waals surface area contributed by atoms with Crippen LogP contribution in [-0.4, -0.2) is 17.8 Å². The number of aryl methyl sites for hydroxylation is 1. The number of azide groups is 1. The Morgan fingerprint density at radius 2 is 2.33 bits per heavy atom. The summed E-state index contributed by atoms with van der Waals surface area (Å²) < 4.78 is 1.03. The fourth-order valence-electron chi connectivity index (χ4n) is 1.28. The first kappa shape index (κ1) is 12.0. The van der Waals surface area contributed by atoms with Gasteiger partial charge in [-0.1, -0.05) is 33.2 Å². The van der Waals surface area contributed by atoms with Crippen molar-refractivity contribution in [3.8, 4) is 0 Å². The molecule has 0 aliphatic heterocycles. The summed E-state index contributed by atoms with van der Waals surface area (Å²) in [5.41, 5.74) is 9.41. The van der Waals surface area contributed by atoms with E-state index in [2.05, 4.69) is 26.0 Å². The molecule has 0 heterocycles. The molecule has 5 heteroatoms. The fraction of sp³-hybridized carbons (Fsp3) is 0.400. The van der Waals surface area contributed by atoms with E-state index < -0.39 is 0 Å². The first-order valence-corrected chi connectivity index (χ1v) is 5.45. The third-order valence-electron chi connectivity index (χ3n) is 2.08. The van der Waals surface area contributed by atoms with Crippen molar-refractivity contribution < 1.29 is 5.11 Å². The number of halogens is 1. The van der Waals surface area contributed by atoms with Gasteiger partial charge in [0.25, 0.3) is 0 Å². The molecule has 80 valence electrons. The van der Waals surface area contributed by atoms with Crippen molar-refractivity contribution in [1.82, 2.24) is 0 Å². The molecule has 1 rings (SSSR count). The Kier molecular flexibility index (Phi) is 5.18. The number of rotatable bonds is 5. The highest BCUT2D eigenvalue weighted by Gasteiger charge is 2.04. The molecule has 0 saturated heterocycles. The van der Waals surface area contributed by atoms with Crippen LogP contribution < -0.4 is 0 Å². The van der Waals surface area contributed by atoms with Crippen LogP contribution in [0.5, 0.6) is 0 Å². The Bertz CT molecular complexity index is 363. The van der Waals surface area contributed by atoms with E-state index in [4.69, 9.17) is 10.6 Å². The fourth-order valence-corrected chi connectivity index (χ4v) is 1.73. The zero-order valence-corrected chi connectivity index (χ0v) is 9.76. The number of hydrogen-bond donors (Lipinski definition) is 1. The maximum absolute atomic E-state index is 8.92. The van der Waals surface area contributed by atoms with Gasteiger partial charge in [-0.15, -0.1) is 0 Å². The third kappa shape index (κ3) is 4.34. The van der Waals surface area contributed by atoms with Crippen LogP contribution in [0, 0.1) is 0 Å². The van der Waals surface area contributed by atoms with E-state index in [1.807, 2.05) is 24.3 Å². The zero-order chi connectivity index (χ0) is 11.1. The van der Waals surface area contributed by atoms with Crippen molar-refractivity contribution >= 4 is 15.9 Å². The second-order valence-corrected chi connectivity index (χ2v) is 4.13. The topological polar surface area (TPSA) is 69.0 Å². The lowest BCUT2D eigenvalue weighted by atomic mass is 10.1. The summed E-state index contributed by atoms with van der Waals surface area (Å²) in [5, 5.41) is 12.4.